The summed E-state index contributed by atoms with van der Waals surface area (Å²) < 4.78 is 0. The number of carbonyl (C=O) groups excluding carboxylic acids is 1. The monoisotopic (exact) mass is 360 g/mol. The van der Waals surface area contributed by atoms with Gasteiger partial charge >= 0.3 is 5.97 Å². The van der Waals surface area contributed by atoms with Crippen LogP contribution in [0.2, 0.25) is 5.02 Å². The number of carboxylic acid groups (broad SMARTS) is 1. The summed E-state index contributed by atoms with van der Waals surface area (Å²) in [5.41, 5.74) is 0.835. The maximum Gasteiger partial charge on any atom is 0.335 e. The quantitative estimate of drug-likeness (QED) is 0.476. The van der Waals surface area contributed by atoms with E-state index in [1.165, 1.54) is 49.4 Å². The average molecular weight is 361 g/mol. The third-order valence-electron chi connectivity index (χ3n) is 3.28. The minimum atomic E-state index is -1.14. The molecule has 25 heavy (non-hydrogen) atoms. The van der Waals surface area contributed by atoms with Crippen molar-refractivity contribution in [1.29, 1.82) is 0 Å². The van der Waals surface area contributed by atoms with Crippen molar-refractivity contribution in [3.63, 3.8) is 0 Å². The van der Waals surface area contributed by atoms with Crippen molar-refractivity contribution >= 4 is 40.9 Å². The van der Waals surface area contributed by atoms with Gasteiger partial charge in [-0.3, -0.25) is 14.9 Å². The molecule has 2 aromatic carbocycles. The standard InChI is InChI=1S/C17H13ClN2O5/c1-10(7-11-3-2-4-13(8-11)20(24)25)16(21)19-15-9-12(17(22)23)5-6-14(15)18/h2-9H,1H3,(H,19,21)(H,22,23). The van der Waals surface area contributed by atoms with Crippen LogP contribution in [-0.4, -0.2) is 21.9 Å². The van der Waals surface area contributed by atoms with E-state index in [-0.39, 0.29) is 27.5 Å². The van der Waals surface area contributed by atoms with Crippen LogP contribution in [0.4, 0.5) is 11.4 Å². The second kappa shape index (κ2) is 7.59. The van der Waals surface area contributed by atoms with Gasteiger partial charge in [0.2, 0.25) is 0 Å². The van der Waals surface area contributed by atoms with E-state index in [0.717, 1.165) is 0 Å². The summed E-state index contributed by atoms with van der Waals surface area (Å²) in [6, 6.07) is 9.79. The summed E-state index contributed by atoms with van der Waals surface area (Å²) in [6.45, 7) is 1.53. The van der Waals surface area contributed by atoms with Gasteiger partial charge in [-0.05, 0) is 36.8 Å². The Hall–Kier alpha value is -3.19. The molecule has 0 radical (unpaired) electrons. The van der Waals surface area contributed by atoms with E-state index in [0.29, 0.717) is 5.56 Å². The number of nitro benzene ring substituents is 1. The van der Waals surface area contributed by atoms with Gasteiger partial charge in [0.1, 0.15) is 0 Å². The number of carboxylic acids is 1. The van der Waals surface area contributed by atoms with Crippen molar-refractivity contribution in [2.24, 2.45) is 0 Å². The zero-order valence-electron chi connectivity index (χ0n) is 13.0. The van der Waals surface area contributed by atoms with Gasteiger partial charge in [0.25, 0.3) is 11.6 Å². The van der Waals surface area contributed by atoms with Crippen LogP contribution in [0.5, 0.6) is 0 Å². The van der Waals surface area contributed by atoms with Gasteiger partial charge in [0.15, 0.2) is 0 Å². The zero-order chi connectivity index (χ0) is 18.6. The lowest BCUT2D eigenvalue weighted by Gasteiger charge is -2.08. The van der Waals surface area contributed by atoms with Gasteiger partial charge in [-0.2, -0.15) is 0 Å². The number of hydrogen-bond acceptors (Lipinski definition) is 4. The molecule has 0 aromatic heterocycles. The number of carbonyl (C=O) groups is 2. The fourth-order valence-electron chi connectivity index (χ4n) is 2.02. The number of nitrogens with one attached hydrogen (secondary N) is 1. The molecule has 2 rings (SSSR count). The van der Waals surface area contributed by atoms with Gasteiger partial charge in [-0.15, -0.1) is 0 Å². The minimum absolute atomic E-state index is 0.0139. The Morgan fingerprint density at radius 3 is 2.60 bits per heavy atom. The van der Waals surface area contributed by atoms with Crippen molar-refractivity contribution in [3.8, 4) is 0 Å². The predicted octanol–water partition coefficient (Wildman–Crippen LogP) is 3.99. The van der Waals surface area contributed by atoms with E-state index in [9.17, 15) is 19.7 Å². The lowest BCUT2D eigenvalue weighted by molar-refractivity contribution is -0.384. The molecule has 128 valence electrons. The van der Waals surface area contributed by atoms with E-state index in [4.69, 9.17) is 16.7 Å². The highest BCUT2D eigenvalue weighted by atomic mass is 35.5. The molecule has 0 atom stereocenters. The average Bonchev–Trinajstić information content (AvgIpc) is 2.56. The summed E-state index contributed by atoms with van der Waals surface area (Å²) in [5, 5.41) is 22.5. The molecule has 0 saturated heterocycles. The Labute approximate surface area is 147 Å². The van der Waals surface area contributed by atoms with Crippen LogP contribution in [0.3, 0.4) is 0 Å². The largest absolute Gasteiger partial charge is 0.478 e. The van der Waals surface area contributed by atoms with E-state index in [2.05, 4.69) is 5.32 Å². The SMILES string of the molecule is CC(=Cc1cccc([N+](=O)[O-])c1)C(=O)Nc1cc(C(=O)O)ccc1Cl. The first kappa shape index (κ1) is 18.2. The van der Waals surface area contributed by atoms with Crippen LogP contribution in [0.1, 0.15) is 22.8 Å². The van der Waals surface area contributed by atoms with E-state index in [1.54, 1.807) is 6.07 Å². The van der Waals surface area contributed by atoms with Gasteiger partial charge in [-0.1, -0.05) is 23.7 Å². The van der Waals surface area contributed by atoms with Crippen molar-refractivity contribution < 1.29 is 19.6 Å². The number of hydrogen-bond donors (Lipinski definition) is 2. The third-order valence-corrected chi connectivity index (χ3v) is 3.61. The normalized spacial score (nSPS) is 11.0. The van der Waals surface area contributed by atoms with Gasteiger partial charge in [0, 0.05) is 17.7 Å². The maximum atomic E-state index is 12.2. The molecule has 0 unspecified atom stereocenters. The smallest absolute Gasteiger partial charge is 0.335 e. The number of rotatable bonds is 5. The van der Waals surface area contributed by atoms with Crippen LogP contribution in [0.25, 0.3) is 6.08 Å². The summed E-state index contributed by atoms with van der Waals surface area (Å²) in [7, 11) is 0. The van der Waals surface area contributed by atoms with Gasteiger partial charge in [0.05, 0.1) is 21.2 Å². The number of nitrogens with zero attached hydrogens (tertiary/aromatic N) is 1. The topological polar surface area (TPSA) is 110 Å². The summed E-state index contributed by atoms with van der Waals surface area (Å²) in [4.78, 5) is 33.5. The fourth-order valence-corrected chi connectivity index (χ4v) is 2.18. The molecular formula is C17H13ClN2O5. The molecule has 0 spiro atoms. The number of benzene rings is 2. The molecule has 2 aromatic rings. The number of nitro groups is 1. The second-order valence-electron chi connectivity index (χ2n) is 5.13. The lowest BCUT2D eigenvalue weighted by Crippen LogP contribution is -2.13. The summed E-state index contributed by atoms with van der Waals surface area (Å²) >= 11 is 5.96. The summed E-state index contributed by atoms with van der Waals surface area (Å²) in [5.74, 6) is -1.65. The van der Waals surface area contributed by atoms with Crippen LogP contribution < -0.4 is 5.32 Å². The number of anilines is 1. The van der Waals surface area contributed by atoms with E-state index >= 15 is 0 Å². The van der Waals surface area contributed by atoms with E-state index < -0.39 is 16.8 Å². The van der Waals surface area contributed by atoms with Crippen LogP contribution in [-0.2, 0) is 4.79 Å². The Kier molecular flexibility index (Phi) is 5.51. The number of aromatic carboxylic acids is 1. The predicted molar refractivity (Wildman–Crippen MR) is 93.8 cm³/mol. The second-order valence-corrected chi connectivity index (χ2v) is 5.54. The van der Waals surface area contributed by atoms with E-state index in [1.807, 2.05) is 0 Å². The van der Waals surface area contributed by atoms with Crippen LogP contribution >= 0.6 is 11.6 Å². The molecule has 0 saturated carbocycles. The Balaban J connectivity index is 2.23. The number of halogens is 1. The molecular weight excluding hydrogens is 348 g/mol. The van der Waals surface area contributed by atoms with Crippen molar-refractivity contribution in [2.45, 2.75) is 6.92 Å². The lowest BCUT2D eigenvalue weighted by atomic mass is 10.1. The molecule has 7 nitrogen and oxygen atoms in total. The first-order valence-electron chi connectivity index (χ1n) is 7.05. The third kappa shape index (κ3) is 4.65. The van der Waals surface area contributed by atoms with Crippen molar-refractivity contribution in [1.82, 2.24) is 0 Å². The molecule has 0 heterocycles. The molecule has 1 amide bonds. The minimum Gasteiger partial charge on any atom is -0.478 e. The molecule has 2 N–H and O–H groups in total. The van der Waals surface area contributed by atoms with Crippen LogP contribution in [0.15, 0.2) is 48.0 Å². The van der Waals surface area contributed by atoms with Crippen molar-refractivity contribution in [2.75, 3.05) is 5.32 Å². The van der Waals surface area contributed by atoms with Gasteiger partial charge in [-0.25, -0.2) is 4.79 Å². The Bertz CT molecular complexity index is 892. The highest BCUT2D eigenvalue weighted by Crippen LogP contribution is 2.24. The Morgan fingerprint density at radius 1 is 1.24 bits per heavy atom. The molecule has 0 aliphatic carbocycles. The molecule has 0 fully saturated rings. The first-order valence-corrected chi connectivity index (χ1v) is 7.42. The highest BCUT2D eigenvalue weighted by molar-refractivity contribution is 6.34. The molecule has 0 aliphatic rings. The summed E-state index contributed by atoms with van der Waals surface area (Å²) in [6.07, 6.45) is 1.48. The maximum absolute atomic E-state index is 12.2. The fraction of sp³-hybridized carbons (Fsp3) is 0.0588. The number of amides is 1. The molecule has 0 aliphatic heterocycles. The zero-order valence-corrected chi connectivity index (χ0v) is 13.8. The van der Waals surface area contributed by atoms with Crippen molar-refractivity contribution in [3.05, 3.63) is 74.3 Å². The van der Waals surface area contributed by atoms with Crippen LogP contribution in [0, 0.1) is 10.1 Å². The first-order chi connectivity index (χ1) is 11.8. The van der Waals surface area contributed by atoms with Gasteiger partial charge < -0.3 is 10.4 Å². The Morgan fingerprint density at radius 2 is 1.96 bits per heavy atom. The highest BCUT2D eigenvalue weighted by Gasteiger charge is 2.12. The number of non-ortho nitro benzene ring substituents is 1. The molecule has 0 bridgehead atoms. The molecule has 8 heteroatoms.